The van der Waals surface area contributed by atoms with Crippen LogP contribution in [0, 0.1) is 10.1 Å². The number of hydrogen-bond acceptors (Lipinski definition) is 6. The zero-order valence-corrected chi connectivity index (χ0v) is 18.2. The maximum absolute atomic E-state index is 11.3. The highest BCUT2D eigenvalue weighted by Gasteiger charge is 2.36. The van der Waals surface area contributed by atoms with Crippen LogP contribution in [0.1, 0.15) is 52.5 Å². The van der Waals surface area contributed by atoms with Gasteiger partial charge in [0.1, 0.15) is 6.20 Å². The van der Waals surface area contributed by atoms with E-state index in [1.165, 1.54) is 6.20 Å². The Bertz CT molecular complexity index is 619. The molecule has 1 aliphatic rings. The first-order chi connectivity index (χ1) is 12.6. The lowest BCUT2D eigenvalue weighted by atomic mass is 10.1. The standard InChI is InChI=1S/C18H33N3O5Si/c1-18(2,3)27(4,5)26-12-7-11-25-17-16(21(22)23)14-20(19-17)15-8-6-10-24-13-9-15/h14-15H,6-13H2,1-5H3. The first-order valence-corrected chi connectivity index (χ1v) is 12.6. The summed E-state index contributed by atoms with van der Waals surface area (Å²) in [5.41, 5.74) is -0.0783. The van der Waals surface area contributed by atoms with Gasteiger partial charge in [0, 0.05) is 26.2 Å². The highest BCUT2D eigenvalue weighted by molar-refractivity contribution is 6.74. The number of nitro groups is 1. The molecule has 1 aliphatic heterocycles. The Morgan fingerprint density at radius 2 is 2.07 bits per heavy atom. The third kappa shape index (κ3) is 6.02. The van der Waals surface area contributed by atoms with E-state index in [0.29, 0.717) is 26.2 Å². The lowest BCUT2D eigenvalue weighted by molar-refractivity contribution is -0.386. The molecule has 27 heavy (non-hydrogen) atoms. The fraction of sp³-hybridized carbons (Fsp3) is 0.833. The number of hydrogen-bond donors (Lipinski definition) is 0. The Labute approximate surface area is 162 Å². The van der Waals surface area contributed by atoms with Crippen LogP contribution in [0.25, 0.3) is 0 Å². The summed E-state index contributed by atoms with van der Waals surface area (Å²) >= 11 is 0. The monoisotopic (exact) mass is 399 g/mol. The Balaban J connectivity index is 1.90. The summed E-state index contributed by atoms with van der Waals surface area (Å²) in [4.78, 5) is 10.9. The summed E-state index contributed by atoms with van der Waals surface area (Å²) in [6, 6.07) is 0.116. The topological polar surface area (TPSA) is 88.7 Å². The van der Waals surface area contributed by atoms with E-state index in [4.69, 9.17) is 13.9 Å². The maximum atomic E-state index is 11.3. The third-order valence-corrected chi connectivity index (χ3v) is 10.0. The van der Waals surface area contributed by atoms with Gasteiger partial charge in [-0.05, 0) is 37.4 Å². The zero-order valence-electron chi connectivity index (χ0n) is 17.2. The van der Waals surface area contributed by atoms with Crippen LogP contribution in [-0.2, 0) is 9.16 Å². The van der Waals surface area contributed by atoms with Crippen molar-refractivity contribution in [2.75, 3.05) is 26.4 Å². The molecule has 1 aromatic heterocycles. The molecule has 2 rings (SSSR count). The van der Waals surface area contributed by atoms with E-state index in [0.717, 1.165) is 25.9 Å². The minimum Gasteiger partial charge on any atom is -0.472 e. The molecular formula is C18H33N3O5Si. The molecule has 0 N–H and O–H groups in total. The van der Waals surface area contributed by atoms with Gasteiger partial charge in [0.25, 0.3) is 0 Å². The number of nitrogens with zero attached hydrogens (tertiary/aromatic N) is 3. The molecule has 0 aromatic carbocycles. The van der Waals surface area contributed by atoms with Crippen molar-refractivity contribution in [3.8, 4) is 5.88 Å². The molecule has 0 aliphatic carbocycles. The van der Waals surface area contributed by atoms with Gasteiger partial charge in [-0.3, -0.25) is 14.8 Å². The summed E-state index contributed by atoms with van der Waals surface area (Å²) in [6.07, 6.45) is 4.79. The van der Waals surface area contributed by atoms with E-state index >= 15 is 0 Å². The Hall–Kier alpha value is -1.45. The minimum atomic E-state index is -1.78. The van der Waals surface area contributed by atoms with Gasteiger partial charge in [-0.15, -0.1) is 5.10 Å². The van der Waals surface area contributed by atoms with Gasteiger partial charge in [-0.25, -0.2) is 0 Å². The molecule has 2 heterocycles. The molecule has 1 aromatic rings. The minimum absolute atomic E-state index is 0.0783. The molecular weight excluding hydrogens is 366 g/mol. The average Bonchev–Trinajstić information content (AvgIpc) is 2.80. The van der Waals surface area contributed by atoms with Crippen molar-refractivity contribution in [2.24, 2.45) is 0 Å². The first kappa shape index (κ1) is 21.8. The van der Waals surface area contributed by atoms with E-state index in [2.05, 4.69) is 39.0 Å². The first-order valence-electron chi connectivity index (χ1n) is 9.70. The normalized spacial score (nSPS) is 18.9. The molecule has 1 unspecified atom stereocenters. The number of rotatable bonds is 8. The van der Waals surface area contributed by atoms with Gasteiger partial charge < -0.3 is 13.9 Å². The maximum Gasteiger partial charge on any atom is 0.350 e. The van der Waals surface area contributed by atoms with Crippen molar-refractivity contribution < 1.29 is 18.8 Å². The predicted molar refractivity (Wildman–Crippen MR) is 106 cm³/mol. The molecule has 1 fully saturated rings. The van der Waals surface area contributed by atoms with Crippen LogP contribution in [0.5, 0.6) is 5.88 Å². The van der Waals surface area contributed by atoms with Crippen LogP contribution in [0.4, 0.5) is 5.69 Å². The van der Waals surface area contributed by atoms with E-state index in [1.54, 1.807) is 4.68 Å². The lowest BCUT2D eigenvalue weighted by Gasteiger charge is -2.36. The highest BCUT2D eigenvalue weighted by atomic mass is 28.4. The molecule has 154 valence electrons. The Morgan fingerprint density at radius 1 is 1.33 bits per heavy atom. The SMILES string of the molecule is CC(C)(C)[Si](C)(C)OCCCOc1nn(C2CCCOCC2)cc1[N+](=O)[O-]. The number of ether oxygens (including phenoxy) is 2. The second-order valence-electron chi connectivity index (χ2n) is 8.56. The summed E-state index contributed by atoms with van der Waals surface area (Å²) in [5, 5.41) is 15.9. The van der Waals surface area contributed by atoms with Crippen molar-refractivity contribution in [2.45, 2.75) is 70.6 Å². The van der Waals surface area contributed by atoms with Crippen LogP contribution in [0.3, 0.4) is 0 Å². The van der Waals surface area contributed by atoms with E-state index in [1.807, 2.05) is 0 Å². The zero-order chi connectivity index (χ0) is 20.1. The Morgan fingerprint density at radius 3 is 2.74 bits per heavy atom. The van der Waals surface area contributed by atoms with Crippen LogP contribution in [0.15, 0.2) is 6.20 Å². The van der Waals surface area contributed by atoms with Gasteiger partial charge in [0.15, 0.2) is 8.32 Å². The van der Waals surface area contributed by atoms with Gasteiger partial charge in [-0.2, -0.15) is 0 Å². The summed E-state index contributed by atoms with van der Waals surface area (Å²) in [7, 11) is -1.78. The highest BCUT2D eigenvalue weighted by Crippen LogP contribution is 2.36. The van der Waals surface area contributed by atoms with E-state index in [-0.39, 0.29) is 22.6 Å². The molecule has 0 radical (unpaired) electrons. The smallest absolute Gasteiger partial charge is 0.350 e. The summed E-state index contributed by atoms with van der Waals surface area (Å²) < 4.78 is 18.9. The second-order valence-corrected chi connectivity index (χ2v) is 13.4. The summed E-state index contributed by atoms with van der Waals surface area (Å²) in [5.74, 6) is 0.0949. The number of aromatic nitrogens is 2. The molecule has 9 heteroatoms. The van der Waals surface area contributed by atoms with Gasteiger partial charge in [0.05, 0.1) is 17.6 Å². The predicted octanol–water partition coefficient (Wildman–Crippen LogP) is 4.32. The average molecular weight is 400 g/mol. The fourth-order valence-electron chi connectivity index (χ4n) is 2.70. The van der Waals surface area contributed by atoms with Gasteiger partial charge in [-0.1, -0.05) is 20.8 Å². The quantitative estimate of drug-likeness (QED) is 0.280. The van der Waals surface area contributed by atoms with Crippen molar-refractivity contribution in [3.63, 3.8) is 0 Å². The molecule has 0 spiro atoms. The van der Waals surface area contributed by atoms with Crippen molar-refractivity contribution in [1.29, 1.82) is 0 Å². The molecule has 1 atom stereocenters. The van der Waals surface area contributed by atoms with Crippen LogP contribution < -0.4 is 4.74 Å². The van der Waals surface area contributed by atoms with Crippen LogP contribution in [0.2, 0.25) is 18.1 Å². The Kier molecular flexibility index (Phi) is 7.41. The van der Waals surface area contributed by atoms with Crippen LogP contribution >= 0.6 is 0 Å². The van der Waals surface area contributed by atoms with Crippen molar-refractivity contribution >= 4 is 14.0 Å². The molecule has 1 saturated heterocycles. The lowest BCUT2D eigenvalue weighted by Crippen LogP contribution is -2.41. The van der Waals surface area contributed by atoms with Gasteiger partial charge in [0.2, 0.25) is 0 Å². The second kappa shape index (κ2) is 9.16. The van der Waals surface area contributed by atoms with Crippen molar-refractivity contribution in [3.05, 3.63) is 16.3 Å². The molecule has 0 saturated carbocycles. The van der Waals surface area contributed by atoms with Gasteiger partial charge >= 0.3 is 11.6 Å². The van der Waals surface area contributed by atoms with Crippen molar-refractivity contribution in [1.82, 2.24) is 9.78 Å². The van der Waals surface area contributed by atoms with E-state index in [9.17, 15) is 10.1 Å². The third-order valence-electron chi connectivity index (χ3n) is 5.47. The molecule has 0 bridgehead atoms. The molecule has 8 nitrogen and oxygen atoms in total. The van der Waals surface area contributed by atoms with Crippen LogP contribution in [-0.4, -0.2) is 49.4 Å². The molecule has 0 amide bonds. The summed E-state index contributed by atoms with van der Waals surface area (Å²) in [6.45, 7) is 13.3. The van der Waals surface area contributed by atoms with E-state index < -0.39 is 13.2 Å². The largest absolute Gasteiger partial charge is 0.472 e. The fourth-order valence-corrected chi connectivity index (χ4v) is 3.79.